The summed E-state index contributed by atoms with van der Waals surface area (Å²) >= 11 is 0. The maximum Gasteiger partial charge on any atom is 0.344 e. The Morgan fingerprint density at radius 3 is 2.50 bits per heavy atom. The average molecular weight is 435 g/mol. The molecule has 1 aromatic carbocycles. The fraction of sp³-hybridized carbons (Fsp3) is 0.333. The Hall–Kier alpha value is -2.22. The van der Waals surface area contributed by atoms with Crippen molar-refractivity contribution >= 4 is 19.2 Å². The molecule has 0 bridgehead atoms. The lowest BCUT2D eigenvalue weighted by atomic mass is 9.94. The first-order valence-electron chi connectivity index (χ1n) is 9.37. The van der Waals surface area contributed by atoms with Gasteiger partial charge in [0.1, 0.15) is 5.82 Å². The molecule has 2 heterocycles. The van der Waals surface area contributed by atoms with Gasteiger partial charge < -0.3 is 10.00 Å². The molecule has 1 atom stereocenters. The number of hydrogen-bond acceptors (Lipinski definition) is 6. The van der Waals surface area contributed by atoms with Crippen LogP contribution in [-0.4, -0.2) is 32.9 Å². The van der Waals surface area contributed by atoms with Gasteiger partial charge in [-0.3, -0.25) is 14.3 Å². The van der Waals surface area contributed by atoms with E-state index in [1.165, 1.54) is 18.2 Å². The molecule has 1 aliphatic heterocycles. The van der Waals surface area contributed by atoms with Crippen molar-refractivity contribution in [2.24, 2.45) is 0 Å². The molecule has 1 fully saturated rings. The van der Waals surface area contributed by atoms with E-state index in [1.807, 2.05) is 26.8 Å². The molecule has 0 aliphatic carbocycles. The Kier molecular flexibility index (Phi) is 6.36. The SMILES string of the molecule is Cc1cc(-c2ccc(F)cc2)c(C=CP(=O)(O)CC(=O)CC2(O)OO2)c(C(C)C)n1. The van der Waals surface area contributed by atoms with Gasteiger partial charge in [0.15, 0.2) is 5.78 Å². The summed E-state index contributed by atoms with van der Waals surface area (Å²) in [5, 5.41) is 9.42. The van der Waals surface area contributed by atoms with Crippen LogP contribution in [0.4, 0.5) is 4.39 Å². The first-order valence-corrected chi connectivity index (χ1v) is 11.3. The van der Waals surface area contributed by atoms with Crippen molar-refractivity contribution in [3.8, 4) is 11.1 Å². The van der Waals surface area contributed by atoms with Crippen LogP contribution in [0.2, 0.25) is 0 Å². The molecule has 1 aliphatic rings. The van der Waals surface area contributed by atoms with Crippen LogP contribution in [0, 0.1) is 12.7 Å². The predicted molar refractivity (Wildman–Crippen MR) is 109 cm³/mol. The maximum absolute atomic E-state index is 13.4. The number of benzene rings is 1. The summed E-state index contributed by atoms with van der Waals surface area (Å²) < 4.78 is 25.9. The molecule has 1 saturated heterocycles. The van der Waals surface area contributed by atoms with E-state index in [9.17, 15) is 23.7 Å². The highest BCUT2D eigenvalue weighted by molar-refractivity contribution is 7.62. The summed E-state index contributed by atoms with van der Waals surface area (Å²) in [6, 6.07) is 7.77. The van der Waals surface area contributed by atoms with Crippen LogP contribution in [0.25, 0.3) is 17.2 Å². The second-order valence-electron chi connectivity index (χ2n) is 7.60. The van der Waals surface area contributed by atoms with Crippen molar-refractivity contribution in [1.29, 1.82) is 0 Å². The van der Waals surface area contributed by atoms with Gasteiger partial charge in [-0.2, -0.15) is 9.78 Å². The number of pyridine rings is 1. The number of rotatable bonds is 8. The number of nitrogens with zero attached hydrogens (tertiary/aromatic N) is 1. The Bertz CT molecular complexity index is 1030. The van der Waals surface area contributed by atoms with Gasteiger partial charge in [0.2, 0.25) is 7.37 Å². The molecule has 9 heteroatoms. The molecule has 0 saturated carbocycles. The maximum atomic E-state index is 13.4. The number of hydrogen-bond donors (Lipinski definition) is 2. The molecule has 0 radical (unpaired) electrons. The van der Waals surface area contributed by atoms with Crippen molar-refractivity contribution < 1.29 is 33.5 Å². The van der Waals surface area contributed by atoms with E-state index in [-0.39, 0.29) is 11.7 Å². The normalized spacial score (nSPS) is 17.3. The summed E-state index contributed by atoms with van der Waals surface area (Å²) in [5.41, 5.74) is 3.57. The number of aliphatic hydroxyl groups is 1. The molecule has 1 unspecified atom stereocenters. The largest absolute Gasteiger partial charge is 0.344 e. The number of ketones is 1. The quantitative estimate of drug-likeness (QED) is 0.364. The molecule has 2 aromatic rings. The molecule has 30 heavy (non-hydrogen) atoms. The predicted octanol–water partition coefficient (Wildman–Crippen LogP) is 4.13. The van der Waals surface area contributed by atoms with Crippen LogP contribution in [0.15, 0.2) is 36.1 Å². The highest BCUT2D eigenvalue weighted by Crippen LogP contribution is 2.45. The summed E-state index contributed by atoms with van der Waals surface area (Å²) in [7, 11) is -3.99. The summed E-state index contributed by atoms with van der Waals surface area (Å²) in [6.45, 7) is 5.74. The second-order valence-corrected chi connectivity index (χ2v) is 9.72. The minimum Gasteiger partial charge on any atom is -0.341 e. The number of Topliss-reactive ketones (excluding diaryl/α,β-unsaturated/α-hetero) is 1. The lowest BCUT2D eigenvalue weighted by Crippen LogP contribution is -2.17. The number of carbonyl (C=O) groups excluding carboxylic acids is 1. The number of aryl methyl sites for hydroxylation is 1. The molecule has 2 N–H and O–H groups in total. The van der Waals surface area contributed by atoms with Crippen LogP contribution >= 0.6 is 7.37 Å². The Morgan fingerprint density at radius 2 is 1.93 bits per heavy atom. The summed E-state index contributed by atoms with van der Waals surface area (Å²) in [5.74, 6) is -1.91. The number of aromatic nitrogens is 1. The fourth-order valence-electron chi connectivity index (χ4n) is 3.10. The van der Waals surface area contributed by atoms with Crippen LogP contribution in [-0.2, 0) is 19.1 Å². The summed E-state index contributed by atoms with van der Waals surface area (Å²) in [4.78, 5) is 35.3. The van der Waals surface area contributed by atoms with E-state index in [2.05, 4.69) is 14.8 Å². The van der Waals surface area contributed by atoms with Crippen LogP contribution in [0.5, 0.6) is 0 Å². The minimum absolute atomic E-state index is 0.0156. The standard InChI is InChI=1S/C21H23FNO6P/c1-13(2)20-18(8-9-30(26,27)12-17(24)11-21(25)28-29-21)19(10-14(3)23-20)15-4-6-16(22)7-5-15/h4-10,13,25H,11-12H2,1-3H3,(H,26,27). The lowest BCUT2D eigenvalue weighted by Gasteiger charge is -2.16. The topological polar surface area (TPSA) is 113 Å². The highest BCUT2D eigenvalue weighted by atomic mass is 31.2. The van der Waals surface area contributed by atoms with E-state index in [4.69, 9.17) is 0 Å². The van der Waals surface area contributed by atoms with Crippen LogP contribution in [0.3, 0.4) is 0 Å². The lowest BCUT2D eigenvalue weighted by molar-refractivity contribution is -0.122. The monoisotopic (exact) mass is 435 g/mol. The Morgan fingerprint density at radius 1 is 1.30 bits per heavy atom. The molecule has 0 spiro atoms. The van der Waals surface area contributed by atoms with Crippen LogP contribution in [0.1, 0.15) is 43.1 Å². The zero-order valence-electron chi connectivity index (χ0n) is 16.8. The molecule has 3 rings (SSSR count). The van der Waals surface area contributed by atoms with Crippen molar-refractivity contribution in [3.05, 3.63) is 58.9 Å². The molecule has 160 valence electrons. The smallest absolute Gasteiger partial charge is 0.341 e. The van der Waals surface area contributed by atoms with Gasteiger partial charge in [-0.1, -0.05) is 26.0 Å². The van der Waals surface area contributed by atoms with Gasteiger partial charge in [-0.15, -0.1) is 0 Å². The third-order valence-electron chi connectivity index (χ3n) is 4.49. The zero-order valence-corrected chi connectivity index (χ0v) is 17.7. The number of carbonyl (C=O) groups is 1. The molecular weight excluding hydrogens is 412 g/mol. The van der Waals surface area contributed by atoms with Crippen molar-refractivity contribution in [2.75, 3.05) is 6.16 Å². The van der Waals surface area contributed by atoms with E-state index in [0.29, 0.717) is 11.3 Å². The Balaban J connectivity index is 1.95. The van der Waals surface area contributed by atoms with Crippen LogP contribution < -0.4 is 0 Å². The second kappa shape index (κ2) is 8.49. The third-order valence-corrected chi connectivity index (χ3v) is 5.91. The van der Waals surface area contributed by atoms with Gasteiger partial charge in [-0.25, -0.2) is 4.39 Å². The van der Waals surface area contributed by atoms with Crippen molar-refractivity contribution in [2.45, 2.75) is 39.1 Å². The number of halogens is 1. The third kappa shape index (κ3) is 5.68. The van der Waals surface area contributed by atoms with E-state index >= 15 is 0 Å². The first kappa shape index (κ1) is 22.5. The average Bonchev–Trinajstić information content (AvgIpc) is 3.36. The fourth-order valence-corrected chi connectivity index (χ4v) is 4.20. The van der Waals surface area contributed by atoms with E-state index < -0.39 is 31.7 Å². The van der Waals surface area contributed by atoms with Gasteiger partial charge in [0, 0.05) is 17.1 Å². The highest BCUT2D eigenvalue weighted by Gasteiger charge is 2.49. The summed E-state index contributed by atoms with van der Waals surface area (Å²) in [6.07, 6.45) is 0.281. The van der Waals surface area contributed by atoms with Crippen molar-refractivity contribution in [3.63, 3.8) is 0 Å². The van der Waals surface area contributed by atoms with Gasteiger partial charge in [0.25, 0.3) is 0 Å². The zero-order chi connectivity index (χ0) is 22.1. The Labute approximate surface area is 173 Å². The van der Waals surface area contributed by atoms with Gasteiger partial charge >= 0.3 is 5.97 Å². The molecular formula is C21H23FNO6P. The van der Waals surface area contributed by atoms with Gasteiger partial charge in [-0.05, 0) is 48.2 Å². The minimum atomic E-state index is -3.99. The van der Waals surface area contributed by atoms with Crippen molar-refractivity contribution in [1.82, 2.24) is 4.98 Å². The van der Waals surface area contributed by atoms with E-state index in [1.54, 1.807) is 12.1 Å². The van der Waals surface area contributed by atoms with E-state index in [0.717, 1.165) is 22.6 Å². The molecule has 0 amide bonds. The first-order chi connectivity index (χ1) is 14.0. The molecule has 1 aromatic heterocycles. The van der Waals surface area contributed by atoms with Gasteiger partial charge in [0.05, 0.1) is 18.3 Å². The molecule has 7 nitrogen and oxygen atoms in total.